The second-order valence-electron chi connectivity index (χ2n) is 5.01. The number of nitriles is 1. The third-order valence-electron chi connectivity index (χ3n) is 3.77. The van der Waals surface area contributed by atoms with Crippen LogP contribution in [0.5, 0.6) is 0 Å². The number of hydrogen-bond donors (Lipinski definition) is 1. The molecule has 0 aromatic rings. The number of carbonyl (C=O) groups is 1. The highest BCUT2D eigenvalue weighted by atomic mass is 35.5. The van der Waals surface area contributed by atoms with Gasteiger partial charge in [-0.25, -0.2) is 0 Å². The van der Waals surface area contributed by atoms with Crippen LogP contribution in [0.4, 0.5) is 0 Å². The molecule has 0 unspecified atom stereocenters. The average Bonchev–Trinajstić information content (AvgIpc) is 3.04. The van der Waals surface area contributed by atoms with E-state index in [4.69, 9.17) is 5.26 Å². The molecule has 2 saturated heterocycles. The molecule has 1 N–H and O–H groups in total. The van der Waals surface area contributed by atoms with Crippen molar-refractivity contribution in [3.05, 3.63) is 0 Å². The van der Waals surface area contributed by atoms with Crippen LogP contribution in [0.25, 0.3) is 0 Å². The highest BCUT2D eigenvalue weighted by molar-refractivity contribution is 5.85. The van der Waals surface area contributed by atoms with Gasteiger partial charge in [0.1, 0.15) is 6.04 Å². The van der Waals surface area contributed by atoms with Gasteiger partial charge < -0.3 is 10.2 Å². The third-order valence-corrected chi connectivity index (χ3v) is 3.77. The molecule has 2 aliphatic heterocycles. The Morgan fingerprint density at radius 3 is 3.00 bits per heavy atom. The lowest BCUT2D eigenvalue weighted by Gasteiger charge is -2.23. The Bertz CT molecular complexity index is 421. The summed E-state index contributed by atoms with van der Waals surface area (Å²) in [4.78, 5) is 14.1. The van der Waals surface area contributed by atoms with Crippen LogP contribution in [0.2, 0.25) is 0 Å². The Balaban J connectivity index is 0.00000180. The number of likely N-dealkylation sites (tertiary alicyclic amines) is 1. The molecule has 2 aliphatic rings. The second-order valence-corrected chi connectivity index (χ2v) is 5.01. The van der Waals surface area contributed by atoms with E-state index in [1.165, 1.54) is 0 Å². The Kier molecular flexibility index (Phi) is 6.15. The first-order valence-electron chi connectivity index (χ1n) is 6.59. The van der Waals surface area contributed by atoms with Crippen LogP contribution < -0.4 is 5.32 Å². The summed E-state index contributed by atoms with van der Waals surface area (Å²) in [5.74, 6) is 6.54. The molecule has 5 heteroatoms. The van der Waals surface area contributed by atoms with Gasteiger partial charge in [0.15, 0.2) is 0 Å². The maximum atomic E-state index is 12.3. The molecule has 2 heterocycles. The van der Waals surface area contributed by atoms with Crippen LogP contribution >= 0.6 is 12.4 Å². The van der Waals surface area contributed by atoms with E-state index >= 15 is 0 Å². The van der Waals surface area contributed by atoms with Crippen molar-refractivity contribution in [3.8, 4) is 17.9 Å². The summed E-state index contributed by atoms with van der Waals surface area (Å²) >= 11 is 0. The molecule has 3 atom stereocenters. The lowest BCUT2D eigenvalue weighted by atomic mass is 10.0. The van der Waals surface area contributed by atoms with Crippen molar-refractivity contribution in [2.24, 2.45) is 5.92 Å². The fourth-order valence-electron chi connectivity index (χ4n) is 2.76. The molecule has 19 heavy (non-hydrogen) atoms. The predicted molar refractivity (Wildman–Crippen MR) is 75.6 cm³/mol. The van der Waals surface area contributed by atoms with E-state index in [9.17, 15) is 4.79 Å². The van der Waals surface area contributed by atoms with E-state index in [2.05, 4.69) is 23.2 Å². The molecular formula is C14H20ClN3O. The van der Waals surface area contributed by atoms with Gasteiger partial charge in [0.25, 0.3) is 0 Å². The monoisotopic (exact) mass is 281 g/mol. The minimum absolute atomic E-state index is 0. The van der Waals surface area contributed by atoms with Crippen molar-refractivity contribution in [2.75, 3.05) is 13.1 Å². The maximum Gasteiger partial charge on any atom is 0.240 e. The van der Waals surface area contributed by atoms with Gasteiger partial charge in [-0.2, -0.15) is 5.26 Å². The van der Waals surface area contributed by atoms with Crippen LogP contribution in [0.3, 0.4) is 0 Å². The van der Waals surface area contributed by atoms with E-state index in [0.29, 0.717) is 5.92 Å². The Hall–Kier alpha value is -1.23. The van der Waals surface area contributed by atoms with Gasteiger partial charge in [0.2, 0.25) is 5.91 Å². The molecule has 0 aliphatic carbocycles. The topological polar surface area (TPSA) is 56.1 Å². The normalized spacial score (nSPS) is 29.1. The molecule has 1 amide bonds. The molecule has 0 saturated carbocycles. The van der Waals surface area contributed by atoms with E-state index in [0.717, 1.165) is 38.8 Å². The minimum Gasteiger partial charge on any atom is -0.325 e. The first kappa shape index (κ1) is 15.8. The van der Waals surface area contributed by atoms with Crippen LogP contribution in [0, 0.1) is 29.1 Å². The van der Waals surface area contributed by atoms with Crippen molar-refractivity contribution >= 4 is 18.3 Å². The van der Waals surface area contributed by atoms with E-state index in [1.807, 2.05) is 6.92 Å². The summed E-state index contributed by atoms with van der Waals surface area (Å²) in [6.45, 7) is 3.43. The van der Waals surface area contributed by atoms with Gasteiger partial charge in [-0.1, -0.05) is 0 Å². The fraction of sp³-hybridized carbons (Fsp3) is 0.714. The number of hydrogen-bond acceptors (Lipinski definition) is 3. The number of nitrogens with one attached hydrogen (secondary N) is 1. The van der Waals surface area contributed by atoms with E-state index in [-0.39, 0.29) is 30.4 Å². The van der Waals surface area contributed by atoms with Gasteiger partial charge in [0, 0.05) is 13.0 Å². The fourth-order valence-corrected chi connectivity index (χ4v) is 2.76. The SMILES string of the molecule is CC#CC[C@@H]1CN[C@H](C(=O)N2CCC[C@H]2C#N)C1.Cl. The van der Waals surface area contributed by atoms with Crippen molar-refractivity contribution in [1.82, 2.24) is 10.2 Å². The smallest absolute Gasteiger partial charge is 0.240 e. The molecule has 2 rings (SSSR count). The van der Waals surface area contributed by atoms with Crippen molar-refractivity contribution in [1.29, 1.82) is 5.26 Å². The average molecular weight is 282 g/mol. The molecule has 4 nitrogen and oxygen atoms in total. The maximum absolute atomic E-state index is 12.3. The van der Waals surface area contributed by atoms with Crippen molar-refractivity contribution in [3.63, 3.8) is 0 Å². The molecule has 0 aromatic heterocycles. The molecule has 0 radical (unpaired) electrons. The van der Waals surface area contributed by atoms with Crippen LogP contribution in [-0.2, 0) is 4.79 Å². The van der Waals surface area contributed by atoms with Gasteiger partial charge in [-0.3, -0.25) is 4.79 Å². The number of carbonyl (C=O) groups excluding carboxylic acids is 1. The molecule has 104 valence electrons. The Morgan fingerprint density at radius 2 is 2.32 bits per heavy atom. The summed E-state index contributed by atoms with van der Waals surface area (Å²) in [7, 11) is 0. The summed E-state index contributed by atoms with van der Waals surface area (Å²) in [6.07, 6.45) is 3.47. The predicted octanol–water partition coefficient (Wildman–Crippen LogP) is 1.31. The second kappa shape index (κ2) is 7.38. The largest absolute Gasteiger partial charge is 0.325 e. The van der Waals surface area contributed by atoms with Gasteiger partial charge in [0.05, 0.1) is 12.1 Å². The third kappa shape index (κ3) is 3.62. The Labute approximate surface area is 120 Å². The minimum atomic E-state index is -0.214. The first-order valence-corrected chi connectivity index (χ1v) is 6.59. The number of rotatable bonds is 2. The first-order chi connectivity index (χ1) is 8.76. The van der Waals surface area contributed by atoms with Crippen molar-refractivity contribution in [2.45, 2.75) is 44.7 Å². The Morgan fingerprint density at radius 1 is 1.53 bits per heavy atom. The highest BCUT2D eigenvalue weighted by Gasteiger charge is 2.36. The molecule has 0 bridgehead atoms. The summed E-state index contributed by atoms with van der Waals surface area (Å²) in [5.41, 5.74) is 0. The zero-order valence-electron chi connectivity index (χ0n) is 11.2. The highest BCUT2D eigenvalue weighted by Crippen LogP contribution is 2.23. The van der Waals surface area contributed by atoms with Crippen LogP contribution in [0.15, 0.2) is 0 Å². The molecule has 0 spiro atoms. The standard InChI is InChI=1S/C14H19N3O.ClH/c1-2-3-5-11-8-13(16-10-11)14(18)17-7-4-6-12(17)9-15;/h11-13,16H,4-8,10H2,1H3;1H/t11-,12-,13-;/m0./s1. The lowest BCUT2D eigenvalue weighted by Crippen LogP contribution is -2.45. The van der Waals surface area contributed by atoms with Crippen LogP contribution in [-0.4, -0.2) is 36.0 Å². The quantitative estimate of drug-likeness (QED) is 0.777. The molecular weight excluding hydrogens is 262 g/mol. The number of nitrogens with zero attached hydrogens (tertiary/aromatic N) is 2. The van der Waals surface area contributed by atoms with Crippen molar-refractivity contribution < 1.29 is 4.79 Å². The van der Waals surface area contributed by atoms with E-state index in [1.54, 1.807) is 4.90 Å². The number of amides is 1. The van der Waals surface area contributed by atoms with Gasteiger partial charge in [-0.15, -0.1) is 24.2 Å². The summed E-state index contributed by atoms with van der Waals surface area (Å²) in [5, 5.41) is 12.3. The molecule has 0 aromatic carbocycles. The summed E-state index contributed by atoms with van der Waals surface area (Å²) in [6, 6.07) is 1.90. The van der Waals surface area contributed by atoms with Gasteiger partial charge in [-0.05, 0) is 38.6 Å². The number of halogens is 1. The van der Waals surface area contributed by atoms with E-state index < -0.39 is 0 Å². The summed E-state index contributed by atoms with van der Waals surface area (Å²) < 4.78 is 0. The molecule has 2 fully saturated rings. The van der Waals surface area contributed by atoms with Crippen LogP contribution in [0.1, 0.15) is 32.6 Å². The lowest BCUT2D eigenvalue weighted by molar-refractivity contribution is -0.133. The zero-order valence-corrected chi connectivity index (χ0v) is 12.0. The zero-order chi connectivity index (χ0) is 13.0. The van der Waals surface area contributed by atoms with Gasteiger partial charge >= 0.3 is 0 Å².